The summed E-state index contributed by atoms with van der Waals surface area (Å²) in [5.74, 6) is 0. The van der Waals surface area contributed by atoms with Crippen LogP contribution in [0.2, 0.25) is 0 Å². The maximum Gasteiger partial charge on any atom is 0.0593 e. The van der Waals surface area contributed by atoms with Gasteiger partial charge in [0.1, 0.15) is 0 Å². The Hall–Kier alpha value is -0.0800. The predicted octanol–water partition coefficient (Wildman–Crippen LogP) is 6.44. The largest absolute Gasteiger partial charge is 0.380 e. The van der Waals surface area contributed by atoms with Crippen molar-refractivity contribution in [3.05, 3.63) is 0 Å². The van der Waals surface area contributed by atoms with Gasteiger partial charge in [-0.05, 0) is 20.5 Å². The molecule has 0 aromatic heterocycles. The van der Waals surface area contributed by atoms with Crippen LogP contribution in [0.25, 0.3) is 0 Å². The Morgan fingerprint density at radius 1 is 0.522 bits per heavy atom. The first-order valence-corrected chi connectivity index (χ1v) is 10.5. The number of nitrogens with zero attached hydrogens (tertiary/aromatic N) is 1. The molecule has 0 heterocycles. The molecule has 0 fully saturated rings. The minimum atomic E-state index is 0.881. The van der Waals surface area contributed by atoms with Crippen LogP contribution in [0.4, 0.5) is 0 Å². The summed E-state index contributed by atoms with van der Waals surface area (Å²) in [5, 5.41) is 0. The van der Waals surface area contributed by atoms with E-state index < -0.39 is 0 Å². The van der Waals surface area contributed by atoms with Crippen LogP contribution in [0.15, 0.2) is 0 Å². The average molecular weight is 328 g/mol. The number of hydrogen-bond donors (Lipinski definition) is 0. The van der Waals surface area contributed by atoms with Gasteiger partial charge in [0.15, 0.2) is 0 Å². The van der Waals surface area contributed by atoms with Crippen LogP contribution in [0, 0.1) is 0 Å². The maximum atomic E-state index is 5.62. The number of unbranched alkanes of at least 4 members (excludes halogenated alkanes) is 14. The molecule has 0 aliphatic rings. The first-order valence-electron chi connectivity index (χ1n) is 10.5. The van der Waals surface area contributed by atoms with Gasteiger partial charge < -0.3 is 9.64 Å². The summed E-state index contributed by atoms with van der Waals surface area (Å²) in [4.78, 5) is 2.17. The van der Waals surface area contributed by atoms with Crippen molar-refractivity contribution in [1.29, 1.82) is 0 Å². The average Bonchev–Trinajstić information content (AvgIpc) is 2.53. The molecule has 0 N–H and O–H groups in total. The van der Waals surface area contributed by atoms with Crippen molar-refractivity contribution in [1.82, 2.24) is 4.90 Å². The fourth-order valence-corrected chi connectivity index (χ4v) is 2.92. The van der Waals surface area contributed by atoms with Gasteiger partial charge in [0, 0.05) is 13.2 Å². The maximum absolute atomic E-state index is 5.62. The van der Waals surface area contributed by atoms with Crippen LogP contribution < -0.4 is 0 Å². The molecular formula is C21H45NO. The normalized spacial score (nSPS) is 11.5. The lowest BCUT2D eigenvalue weighted by atomic mass is 10.0. The van der Waals surface area contributed by atoms with E-state index in [1.807, 2.05) is 0 Å². The molecule has 0 radical (unpaired) electrons. The second-order valence-corrected chi connectivity index (χ2v) is 7.37. The third kappa shape index (κ3) is 21.9. The minimum Gasteiger partial charge on any atom is -0.380 e. The van der Waals surface area contributed by atoms with E-state index in [1.54, 1.807) is 0 Å². The molecule has 2 heteroatoms. The minimum absolute atomic E-state index is 0.881. The van der Waals surface area contributed by atoms with E-state index in [9.17, 15) is 0 Å². The molecular weight excluding hydrogens is 282 g/mol. The molecule has 0 amide bonds. The second kappa shape index (κ2) is 20.0. The Morgan fingerprint density at radius 3 is 1.30 bits per heavy atom. The third-order valence-electron chi connectivity index (χ3n) is 4.58. The number of hydrogen-bond acceptors (Lipinski definition) is 2. The van der Waals surface area contributed by atoms with E-state index in [2.05, 4.69) is 25.9 Å². The summed E-state index contributed by atoms with van der Waals surface area (Å²) >= 11 is 0. The van der Waals surface area contributed by atoms with Crippen LogP contribution in [0.1, 0.15) is 103 Å². The van der Waals surface area contributed by atoms with Crippen LogP contribution >= 0.6 is 0 Å². The highest BCUT2D eigenvalue weighted by Crippen LogP contribution is 2.13. The highest BCUT2D eigenvalue weighted by Gasteiger charge is 1.95. The molecule has 0 aromatic rings. The lowest BCUT2D eigenvalue weighted by Gasteiger charge is -2.09. The lowest BCUT2D eigenvalue weighted by Crippen LogP contribution is -2.18. The first-order chi connectivity index (χ1) is 11.3. The van der Waals surface area contributed by atoms with Crippen molar-refractivity contribution >= 4 is 0 Å². The standard InChI is InChI=1S/C21H45NO/c1-4-5-6-7-8-9-10-11-12-13-14-15-16-17-18-20-23-21-19-22(2)3/h4-21H2,1-3H3. The predicted molar refractivity (Wildman–Crippen MR) is 104 cm³/mol. The number of ether oxygens (including phenoxy) is 1. The van der Waals surface area contributed by atoms with Crippen LogP contribution in [-0.4, -0.2) is 38.8 Å². The van der Waals surface area contributed by atoms with E-state index in [1.165, 1.54) is 96.3 Å². The zero-order valence-electron chi connectivity index (χ0n) is 16.6. The van der Waals surface area contributed by atoms with Crippen molar-refractivity contribution in [2.75, 3.05) is 33.9 Å². The molecule has 0 saturated carbocycles. The molecule has 0 bridgehead atoms. The highest BCUT2D eigenvalue weighted by atomic mass is 16.5. The Kier molecular flexibility index (Phi) is 19.9. The molecule has 0 rings (SSSR count). The second-order valence-electron chi connectivity index (χ2n) is 7.37. The van der Waals surface area contributed by atoms with Crippen LogP contribution in [-0.2, 0) is 4.74 Å². The highest BCUT2D eigenvalue weighted by molar-refractivity contribution is 4.49. The molecule has 0 spiro atoms. The number of likely N-dealkylation sites (N-methyl/N-ethyl adjacent to an activating group) is 1. The summed E-state index contributed by atoms with van der Waals surface area (Å²) in [6.45, 7) is 5.16. The Balaban J connectivity index is 2.95. The van der Waals surface area contributed by atoms with Crippen LogP contribution in [0.5, 0.6) is 0 Å². The summed E-state index contributed by atoms with van der Waals surface area (Å²) in [7, 11) is 4.19. The van der Waals surface area contributed by atoms with Gasteiger partial charge in [0.25, 0.3) is 0 Å². The topological polar surface area (TPSA) is 12.5 Å². The molecule has 0 aliphatic carbocycles. The Labute approximate surface area is 147 Å². The van der Waals surface area contributed by atoms with E-state index in [0.717, 1.165) is 19.8 Å². The fourth-order valence-electron chi connectivity index (χ4n) is 2.92. The third-order valence-corrected chi connectivity index (χ3v) is 4.58. The van der Waals surface area contributed by atoms with Gasteiger partial charge >= 0.3 is 0 Å². The quantitative estimate of drug-likeness (QED) is 0.253. The van der Waals surface area contributed by atoms with Crippen molar-refractivity contribution in [3.8, 4) is 0 Å². The van der Waals surface area contributed by atoms with E-state index in [0.29, 0.717) is 0 Å². The van der Waals surface area contributed by atoms with Crippen LogP contribution in [0.3, 0.4) is 0 Å². The van der Waals surface area contributed by atoms with Crippen molar-refractivity contribution < 1.29 is 4.74 Å². The molecule has 0 unspecified atom stereocenters. The van der Waals surface area contributed by atoms with Gasteiger partial charge in [-0.25, -0.2) is 0 Å². The van der Waals surface area contributed by atoms with Gasteiger partial charge in [-0.1, -0.05) is 96.8 Å². The van der Waals surface area contributed by atoms with Gasteiger partial charge in [-0.2, -0.15) is 0 Å². The summed E-state index contributed by atoms with van der Waals surface area (Å²) in [5.41, 5.74) is 0. The van der Waals surface area contributed by atoms with Gasteiger partial charge in [-0.15, -0.1) is 0 Å². The smallest absolute Gasteiger partial charge is 0.0593 e. The van der Waals surface area contributed by atoms with Crippen molar-refractivity contribution in [3.63, 3.8) is 0 Å². The lowest BCUT2D eigenvalue weighted by molar-refractivity contribution is 0.114. The molecule has 0 aromatic carbocycles. The van der Waals surface area contributed by atoms with Gasteiger partial charge in [0.2, 0.25) is 0 Å². The zero-order valence-corrected chi connectivity index (χ0v) is 16.6. The van der Waals surface area contributed by atoms with E-state index in [-0.39, 0.29) is 0 Å². The fraction of sp³-hybridized carbons (Fsp3) is 1.00. The first kappa shape index (κ1) is 22.9. The molecule has 0 atom stereocenters. The van der Waals surface area contributed by atoms with Gasteiger partial charge in [0.05, 0.1) is 6.61 Å². The van der Waals surface area contributed by atoms with Gasteiger partial charge in [-0.3, -0.25) is 0 Å². The summed E-state index contributed by atoms with van der Waals surface area (Å²) < 4.78 is 5.62. The molecule has 2 nitrogen and oxygen atoms in total. The Bertz CT molecular complexity index is 206. The molecule has 0 saturated heterocycles. The molecule has 23 heavy (non-hydrogen) atoms. The molecule has 140 valence electrons. The monoisotopic (exact) mass is 327 g/mol. The van der Waals surface area contributed by atoms with E-state index in [4.69, 9.17) is 4.74 Å². The van der Waals surface area contributed by atoms with E-state index >= 15 is 0 Å². The summed E-state index contributed by atoms with van der Waals surface area (Å²) in [6.07, 6.45) is 21.4. The van der Waals surface area contributed by atoms with Crippen molar-refractivity contribution in [2.24, 2.45) is 0 Å². The Morgan fingerprint density at radius 2 is 0.913 bits per heavy atom. The molecule has 0 aliphatic heterocycles. The SMILES string of the molecule is CCCCCCCCCCCCCCCCCOCCN(C)C. The number of rotatable bonds is 19. The summed E-state index contributed by atoms with van der Waals surface area (Å²) in [6, 6.07) is 0. The zero-order chi connectivity index (χ0) is 17.0. The van der Waals surface area contributed by atoms with Crippen molar-refractivity contribution in [2.45, 2.75) is 103 Å².